The molecule has 1 saturated heterocycles. The summed E-state index contributed by atoms with van der Waals surface area (Å²) in [7, 11) is 0. The minimum atomic E-state index is -0.557. The van der Waals surface area contributed by atoms with Crippen molar-refractivity contribution in [2.24, 2.45) is 5.92 Å². The fraction of sp³-hybridized carbons (Fsp3) is 1.00. The lowest BCUT2D eigenvalue weighted by Gasteiger charge is -2.19. The maximum atomic E-state index is 13.2. The van der Waals surface area contributed by atoms with Gasteiger partial charge in [-0.05, 0) is 31.7 Å². The first-order valence-electron chi connectivity index (χ1n) is 4.75. The van der Waals surface area contributed by atoms with E-state index in [1.165, 1.54) is 25.7 Å². The zero-order valence-corrected chi connectivity index (χ0v) is 8.08. The van der Waals surface area contributed by atoms with Crippen molar-refractivity contribution in [2.45, 2.75) is 44.3 Å². The number of hydrogen-bond acceptors (Lipinski definition) is 1. The van der Waals surface area contributed by atoms with Crippen molar-refractivity contribution in [3.05, 3.63) is 0 Å². The predicted octanol–water partition coefficient (Wildman–Crippen LogP) is 2.30. The summed E-state index contributed by atoms with van der Waals surface area (Å²) >= 11 is 0. The fourth-order valence-corrected chi connectivity index (χ4v) is 2.47. The van der Waals surface area contributed by atoms with E-state index in [-0.39, 0.29) is 18.4 Å². The molecule has 12 heavy (non-hydrogen) atoms. The van der Waals surface area contributed by atoms with E-state index in [4.69, 9.17) is 0 Å². The van der Waals surface area contributed by atoms with Crippen molar-refractivity contribution in [2.75, 3.05) is 6.54 Å². The number of alkyl halides is 1. The Kier molecular flexibility index (Phi) is 3.78. The minimum absolute atomic E-state index is 0. The molecule has 1 nitrogen and oxygen atoms in total. The molecule has 0 radical (unpaired) electrons. The van der Waals surface area contributed by atoms with Crippen LogP contribution in [0.5, 0.6) is 0 Å². The Labute approximate surface area is 79.5 Å². The maximum Gasteiger partial charge on any atom is 0.117 e. The Morgan fingerprint density at radius 3 is 2.25 bits per heavy atom. The molecular weight excluding hydrogens is 177 g/mol. The molecule has 1 aliphatic heterocycles. The molecule has 0 aromatic rings. The summed E-state index contributed by atoms with van der Waals surface area (Å²) in [6.45, 7) is 0.891. The van der Waals surface area contributed by atoms with Crippen molar-refractivity contribution in [1.82, 2.24) is 5.32 Å². The highest BCUT2D eigenvalue weighted by atomic mass is 35.5. The van der Waals surface area contributed by atoms with Crippen LogP contribution in [0.25, 0.3) is 0 Å². The molecule has 0 aromatic heterocycles. The molecule has 0 amide bonds. The van der Waals surface area contributed by atoms with E-state index in [0.717, 1.165) is 13.0 Å². The van der Waals surface area contributed by atoms with Crippen LogP contribution in [0.4, 0.5) is 4.39 Å². The zero-order chi connectivity index (χ0) is 7.68. The lowest BCUT2D eigenvalue weighted by molar-refractivity contribution is 0.242. The van der Waals surface area contributed by atoms with Gasteiger partial charge in [-0.1, -0.05) is 12.8 Å². The van der Waals surface area contributed by atoms with Crippen molar-refractivity contribution in [1.29, 1.82) is 0 Å². The molecule has 2 aliphatic rings. The van der Waals surface area contributed by atoms with Crippen molar-refractivity contribution in [3.8, 4) is 0 Å². The first-order chi connectivity index (χ1) is 5.38. The minimum Gasteiger partial charge on any atom is -0.311 e. The highest BCUT2D eigenvalue weighted by molar-refractivity contribution is 5.85. The topological polar surface area (TPSA) is 12.0 Å². The van der Waals surface area contributed by atoms with Crippen LogP contribution < -0.4 is 5.32 Å². The van der Waals surface area contributed by atoms with Crippen molar-refractivity contribution < 1.29 is 4.39 Å². The molecule has 0 bridgehead atoms. The fourth-order valence-electron chi connectivity index (χ4n) is 2.47. The molecule has 2 unspecified atom stereocenters. The summed E-state index contributed by atoms with van der Waals surface area (Å²) in [5.41, 5.74) is 0. The van der Waals surface area contributed by atoms with E-state index >= 15 is 0 Å². The van der Waals surface area contributed by atoms with Crippen molar-refractivity contribution >= 4 is 12.4 Å². The van der Waals surface area contributed by atoms with E-state index in [9.17, 15) is 4.39 Å². The van der Waals surface area contributed by atoms with Crippen LogP contribution in [0.15, 0.2) is 0 Å². The van der Waals surface area contributed by atoms with E-state index in [1.807, 2.05) is 0 Å². The third-order valence-corrected chi connectivity index (χ3v) is 3.10. The van der Waals surface area contributed by atoms with E-state index in [2.05, 4.69) is 5.32 Å². The monoisotopic (exact) mass is 193 g/mol. The Bertz CT molecular complexity index is 136. The summed E-state index contributed by atoms with van der Waals surface area (Å²) in [6.07, 6.45) is 5.31. The smallest absolute Gasteiger partial charge is 0.117 e. The average molecular weight is 194 g/mol. The van der Waals surface area contributed by atoms with Gasteiger partial charge in [-0.3, -0.25) is 0 Å². The van der Waals surface area contributed by atoms with Gasteiger partial charge in [0.15, 0.2) is 0 Å². The Morgan fingerprint density at radius 1 is 1.08 bits per heavy atom. The highest BCUT2D eigenvalue weighted by Crippen LogP contribution is 2.32. The average Bonchev–Trinajstić information content (AvgIpc) is 2.55. The second-order valence-corrected chi connectivity index (χ2v) is 3.83. The van der Waals surface area contributed by atoms with Crippen LogP contribution in [0.1, 0.15) is 32.1 Å². The van der Waals surface area contributed by atoms with Gasteiger partial charge in [0.05, 0.1) is 0 Å². The van der Waals surface area contributed by atoms with Crippen LogP contribution in [0.2, 0.25) is 0 Å². The van der Waals surface area contributed by atoms with Crippen LogP contribution in [0, 0.1) is 5.92 Å². The molecule has 3 heteroatoms. The second-order valence-electron chi connectivity index (χ2n) is 3.83. The lowest BCUT2D eigenvalue weighted by Crippen LogP contribution is -2.34. The van der Waals surface area contributed by atoms with Crippen LogP contribution in [-0.4, -0.2) is 18.8 Å². The van der Waals surface area contributed by atoms with Crippen LogP contribution in [0.3, 0.4) is 0 Å². The van der Waals surface area contributed by atoms with Gasteiger partial charge in [-0.2, -0.15) is 0 Å². The van der Waals surface area contributed by atoms with Gasteiger partial charge in [0.25, 0.3) is 0 Å². The SMILES string of the molecule is Cl.FC1CCNC1C1CCCC1. The first-order valence-corrected chi connectivity index (χ1v) is 4.75. The van der Waals surface area contributed by atoms with E-state index in [1.54, 1.807) is 0 Å². The normalized spacial score (nSPS) is 36.8. The van der Waals surface area contributed by atoms with Crippen LogP contribution >= 0.6 is 12.4 Å². The molecule has 1 aliphatic carbocycles. The first kappa shape index (κ1) is 10.3. The number of hydrogen-bond donors (Lipinski definition) is 1. The molecule has 0 spiro atoms. The Morgan fingerprint density at radius 2 is 1.75 bits per heavy atom. The third-order valence-electron chi connectivity index (χ3n) is 3.10. The summed E-state index contributed by atoms with van der Waals surface area (Å²) in [6, 6.07) is 0.206. The van der Waals surface area contributed by atoms with Gasteiger partial charge in [-0.25, -0.2) is 4.39 Å². The second kappa shape index (κ2) is 4.43. The standard InChI is InChI=1S/C9H16FN.ClH/c10-8-5-6-11-9(8)7-3-1-2-4-7;/h7-9,11H,1-6H2;1H. The third kappa shape index (κ3) is 1.91. The quantitative estimate of drug-likeness (QED) is 0.674. The maximum absolute atomic E-state index is 13.2. The van der Waals surface area contributed by atoms with Gasteiger partial charge < -0.3 is 5.32 Å². The number of halogens is 2. The summed E-state index contributed by atoms with van der Waals surface area (Å²) in [5, 5.41) is 3.27. The van der Waals surface area contributed by atoms with Crippen LogP contribution in [-0.2, 0) is 0 Å². The molecule has 2 fully saturated rings. The molecule has 1 saturated carbocycles. The molecule has 72 valence electrons. The Balaban J connectivity index is 0.000000720. The molecule has 1 N–H and O–H groups in total. The summed E-state index contributed by atoms with van der Waals surface area (Å²) in [4.78, 5) is 0. The van der Waals surface area contributed by atoms with E-state index in [0.29, 0.717) is 5.92 Å². The number of rotatable bonds is 1. The number of nitrogens with one attached hydrogen (secondary N) is 1. The molecule has 2 rings (SSSR count). The zero-order valence-electron chi connectivity index (χ0n) is 7.26. The summed E-state index contributed by atoms with van der Waals surface area (Å²) in [5.74, 6) is 0.646. The summed E-state index contributed by atoms with van der Waals surface area (Å²) < 4.78 is 13.2. The van der Waals surface area contributed by atoms with Gasteiger partial charge in [0.1, 0.15) is 6.17 Å². The largest absolute Gasteiger partial charge is 0.311 e. The van der Waals surface area contributed by atoms with Crippen molar-refractivity contribution in [3.63, 3.8) is 0 Å². The molecule has 0 aromatic carbocycles. The lowest BCUT2D eigenvalue weighted by atomic mass is 9.96. The molecular formula is C9H17ClFN. The predicted molar refractivity (Wildman–Crippen MR) is 50.5 cm³/mol. The van der Waals surface area contributed by atoms with Gasteiger partial charge in [0.2, 0.25) is 0 Å². The van der Waals surface area contributed by atoms with Gasteiger partial charge in [0, 0.05) is 6.04 Å². The highest BCUT2D eigenvalue weighted by Gasteiger charge is 2.34. The van der Waals surface area contributed by atoms with Gasteiger partial charge in [-0.15, -0.1) is 12.4 Å². The van der Waals surface area contributed by atoms with Gasteiger partial charge >= 0.3 is 0 Å². The van der Waals surface area contributed by atoms with E-state index < -0.39 is 6.17 Å². The molecule has 2 atom stereocenters. The molecule has 1 heterocycles. The Hall–Kier alpha value is 0.180.